The van der Waals surface area contributed by atoms with Gasteiger partial charge in [0.05, 0.1) is 0 Å². The fourth-order valence-corrected chi connectivity index (χ4v) is 21.1. The van der Waals surface area contributed by atoms with Gasteiger partial charge in [0.1, 0.15) is 0 Å². The first kappa shape index (κ1) is 74.9. The lowest BCUT2D eigenvalue weighted by Gasteiger charge is -2.23. The van der Waals surface area contributed by atoms with Gasteiger partial charge in [-0.2, -0.15) is 0 Å². The summed E-state index contributed by atoms with van der Waals surface area (Å²) in [5.41, 5.74) is 36.8. The van der Waals surface area contributed by atoms with Crippen LogP contribution in [0.5, 0.6) is 0 Å². The van der Waals surface area contributed by atoms with Crippen molar-refractivity contribution in [2.75, 3.05) is 0 Å². The van der Waals surface area contributed by atoms with Crippen molar-refractivity contribution in [2.45, 2.75) is 57.8 Å². The van der Waals surface area contributed by atoms with Crippen LogP contribution in [0, 0.1) is 0 Å². The molecule has 0 bridgehead atoms. The Morgan fingerprint density at radius 2 is 0.392 bits per heavy atom. The summed E-state index contributed by atoms with van der Waals surface area (Å²) in [6.07, 6.45) is 0. The molecule has 0 spiro atoms. The summed E-state index contributed by atoms with van der Waals surface area (Å²) in [7, 11) is 0. The Hall–Kier alpha value is -15.1. The quantitative estimate of drug-likeness (QED) is 0.142. The van der Waals surface area contributed by atoms with Crippen molar-refractivity contribution in [3.63, 3.8) is 0 Å². The second-order valence-electron chi connectivity index (χ2n) is 36.2. The standard InChI is InChI=1S/C49H34.C41H30.C35H26/c1-49(2)46-18-10-9-17-43(46)48-42-16-8-7-15-41(42)45(30-47(48)49)39-28-37-13-5-6-14-40(37)44(29-39)38-24-23-35-26-34(21-22-36(35)27-38)33-20-19-31-11-3-4-12-32(31)25-33;1-41(2)39-15-9-8-14-36(39)37-21-20-32(26-40(37)41)38-25-34(24-31-12-6-7-13-35(31)38)30-19-17-28-16-18-29(22-33(28)23-30)27-10-4-3-5-11-27;1-35(2)33-10-6-5-9-31(33)32-18-17-30(22-34(32)35)29-16-15-27-20-26(13-14-28(27)21-29)25-12-11-23-7-3-4-8-24(23)19-25/h3-30H,1-2H3;3-26H,1-2H3;3-22H,1-2H3. The van der Waals surface area contributed by atoms with Crippen LogP contribution in [0.3, 0.4) is 0 Å². The molecule has 0 saturated carbocycles. The fourth-order valence-electron chi connectivity index (χ4n) is 21.1. The van der Waals surface area contributed by atoms with Gasteiger partial charge in [0.2, 0.25) is 0 Å². The summed E-state index contributed by atoms with van der Waals surface area (Å²) < 4.78 is 0. The highest BCUT2D eigenvalue weighted by molar-refractivity contribution is 6.12. The van der Waals surface area contributed by atoms with E-state index >= 15 is 0 Å². The molecular weight excluding hydrogens is 1500 g/mol. The fraction of sp³-hybridized carbons (Fsp3) is 0.0720. The Morgan fingerprint density at radius 1 is 0.120 bits per heavy atom. The summed E-state index contributed by atoms with van der Waals surface area (Å²) >= 11 is 0. The molecule has 0 radical (unpaired) electrons. The van der Waals surface area contributed by atoms with Crippen LogP contribution >= 0.6 is 0 Å². The number of fused-ring (bicyclic) bond motifs is 18. The topological polar surface area (TPSA) is 0 Å². The molecule has 3 aliphatic rings. The summed E-state index contributed by atoms with van der Waals surface area (Å²) in [6, 6.07) is 162. The van der Waals surface area contributed by atoms with Crippen LogP contribution < -0.4 is 0 Å². The average molecular weight is 1590 g/mol. The average Bonchev–Trinajstić information content (AvgIpc) is 1.56. The molecule has 0 heteroatoms. The number of hydrogen-bond acceptors (Lipinski definition) is 0. The number of rotatable bonds is 8. The first-order valence-corrected chi connectivity index (χ1v) is 44.0. The van der Waals surface area contributed by atoms with Gasteiger partial charge in [0, 0.05) is 16.2 Å². The monoisotopic (exact) mass is 1590 g/mol. The summed E-state index contributed by atoms with van der Waals surface area (Å²) in [5, 5.41) is 20.4. The van der Waals surface area contributed by atoms with Gasteiger partial charge in [-0.3, -0.25) is 0 Å². The first-order valence-electron chi connectivity index (χ1n) is 44.0. The van der Waals surface area contributed by atoms with Gasteiger partial charge in [-0.25, -0.2) is 0 Å². The van der Waals surface area contributed by atoms with E-state index in [0.717, 1.165) is 0 Å². The molecule has 0 saturated heterocycles. The maximum absolute atomic E-state index is 2.49. The lowest BCUT2D eigenvalue weighted by molar-refractivity contribution is 0.660. The van der Waals surface area contributed by atoms with Crippen molar-refractivity contribution >= 4 is 86.2 Å². The molecule has 125 heavy (non-hydrogen) atoms. The summed E-state index contributed by atoms with van der Waals surface area (Å²) in [5.74, 6) is 0. The molecule has 3 aliphatic carbocycles. The third-order valence-corrected chi connectivity index (χ3v) is 27.9. The molecule has 0 N–H and O–H groups in total. The maximum atomic E-state index is 2.49. The van der Waals surface area contributed by atoms with Gasteiger partial charge in [0.15, 0.2) is 0 Å². The zero-order valence-electron chi connectivity index (χ0n) is 71.1. The van der Waals surface area contributed by atoms with Gasteiger partial charge in [-0.1, -0.05) is 387 Å². The van der Waals surface area contributed by atoms with Gasteiger partial charge in [-0.05, 0) is 333 Å². The van der Waals surface area contributed by atoms with E-state index in [9.17, 15) is 0 Å². The van der Waals surface area contributed by atoms with Gasteiger partial charge in [0.25, 0.3) is 0 Å². The molecule has 0 aromatic heterocycles. The van der Waals surface area contributed by atoms with E-state index in [2.05, 4.69) is 478 Å². The third kappa shape index (κ3) is 12.9. The second-order valence-corrected chi connectivity index (χ2v) is 36.2. The van der Waals surface area contributed by atoms with Crippen molar-refractivity contribution in [2.24, 2.45) is 0 Å². The lowest BCUT2D eigenvalue weighted by atomic mass is 9.80. The first-order chi connectivity index (χ1) is 61.2. The van der Waals surface area contributed by atoms with Crippen molar-refractivity contribution < 1.29 is 0 Å². The second kappa shape index (κ2) is 29.6. The minimum Gasteiger partial charge on any atom is -0.0622 e. The molecule has 0 aliphatic heterocycles. The molecule has 0 fully saturated rings. The Bertz CT molecular complexity index is 8180. The molecule has 0 nitrogen and oxygen atoms in total. The van der Waals surface area contributed by atoms with E-state index in [-0.39, 0.29) is 16.2 Å². The van der Waals surface area contributed by atoms with Gasteiger partial charge < -0.3 is 0 Å². The lowest BCUT2D eigenvalue weighted by Crippen LogP contribution is -2.15. The Balaban J connectivity index is 0.000000110. The van der Waals surface area contributed by atoms with Crippen LogP contribution in [0.1, 0.15) is 74.9 Å². The van der Waals surface area contributed by atoms with Crippen molar-refractivity contribution in [1.82, 2.24) is 0 Å². The van der Waals surface area contributed by atoms with Crippen molar-refractivity contribution in [3.8, 4) is 122 Å². The minimum absolute atomic E-state index is 0.0214. The summed E-state index contributed by atoms with van der Waals surface area (Å²) in [4.78, 5) is 0. The molecule has 590 valence electrons. The van der Waals surface area contributed by atoms with E-state index in [1.807, 2.05) is 0 Å². The minimum atomic E-state index is -0.0750. The third-order valence-electron chi connectivity index (χ3n) is 27.9. The Kier molecular flexibility index (Phi) is 17.8. The van der Waals surface area contributed by atoms with Crippen LogP contribution in [0.15, 0.2) is 437 Å². The largest absolute Gasteiger partial charge is 0.0622 e. The van der Waals surface area contributed by atoms with Crippen LogP contribution in [-0.2, 0) is 16.2 Å². The Labute approximate surface area is 731 Å². The van der Waals surface area contributed by atoms with E-state index in [1.54, 1.807) is 0 Å². The molecule has 0 amide bonds. The molecule has 22 aromatic carbocycles. The van der Waals surface area contributed by atoms with Gasteiger partial charge >= 0.3 is 0 Å². The van der Waals surface area contributed by atoms with Crippen LogP contribution in [-0.4, -0.2) is 0 Å². The van der Waals surface area contributed by atoms with Crippen LogP contribution in [0.4, 0.5) is 0 Å². The molecule has 25 rings (SSSR count). The highest BCUT2D eigenvalue weighted by Crippen LogP contribution is 2.56. The van der Waals surface area contributed by atoms with E-state index < -0.39 is 0 Å². The molecule has 0 heterocycles. The smallest absolute Gasteiger partial charge is 0.0159 e. The SMILES string of the molecule is CC1(C)c2ccccc2-c2c1cc(-c1cc(-c3ccc4cc(-c5ccc6ccccc6c5)ccc4c3)c3ccccc3c1)c1ccccc21.CC1(C)c2ccccc2-c2ccc(-c3cc(-c4ccc5ccc(-c6ccccc6)cc5c4)cc4ccccc34)cc21.CC1(C)c2ccccc2-c2ccc(-c3ccc4cc(-c5ccc6ccccc6c5)ccc4c3)cc21. The van der Waals surface area contributed by atoms with Crippen molar-refractivity contribution in [1.29, 1.82) is 0 Å². The number of hydrogen-bond donors (Lipinski definition) is 0. The molecule has 22 aromatic rings. The zero-order chi connectivity index (χ0) is 83.8. The highest BCUT2D eigenvalue weighted by atomic mass is 14.4. The van der Waals surface area contributed by atoms with Gasteiger partial charge in [-0.15, -0.1) is 0 Å². The highest BCUT2D eigenvalue weighted by Gasteiger charge is 2.39. The Morgan fingerprint density at radius 3 is 0.896 bits per heavy atom. The zero-order valence-corrected chi connectivity index (χ0v) is 71.1. The predicted molar refractivity (Wildman–Crippen MR) is 536 cm³/mol. The number of benzene rings is 22. The molecule has 0 unspecified atom stereocenters. The normalized spacial score (nSPS) is 13.4. The van der Waals surface area contributed by atoms with E-state index in [4.69, 9.17) is 0 Å². The van der Waals surface area contributed by atoms with E-state index in [1.165, 1.54) is 242 Å². The maximum Gasteiger partial charge on any atom is 0.0159 e. The summed E-state index contributed by atoms with van der Waals surface area (Å²) in [6.45, 7) is 14.2. The van der Waals surface area contributed by atoms with Crippen LogP contribution in [0.25, 0.3) is 209 Å². The van der Waals surface area contributed by atoms with E-state index in [0.29, 0.717) is 0 Å². The van der Waals surface area contributed by atoms with Crippen LogP contribution in [0.2, 0.25) is 0 Å². The molecule has 0 atom stereocenters. The predicted octanol–water partition coefficient (Wildman–Crippen LogP) is 34.5. The molecular formula is C125H90. The van der Waals surface area contributed by atoms with Crippen molar-refractivity contribution in [3.05, 3.63) is 470 Å².